The van der Waals surface area contributed by atoms with Gasteiger partial charge in [-0.15, -0.1) is 0 Å². The number of hydrogen-bond acceptors (Lipinski definition) is 4. The van der Waals surface area contributed by atoms with Crippen LogP contribution in [0.3, 0.4) is 0 Å². The number of carbonyl (C=O) groups is 3. The van der Waals surface area contributed by atoms with Gasteiger partial charge in [-0.2, -0.15) is 0 Å². The molecule has 1 aromatic heterocycles. The van der Waals surface area contributed by atoms with Crippen molar-refractivity contribution in [3.63, 3.8) is 0 Å². The summed E-state index contributed by atoms with van der Waals surface area (Å²) < 4.78 is 5.97. The average molecular weight is 407 g/mol. The number of rotatable bonds is 7. The van der Waals surface area contributed by atoms with E-state index in [1.54, 1.807) is 36.4 Å². The fourth-order valence-corrected chi connectivity index (χ4v) is 2.11. The predicted octanol–water partition coefficient (Wildman–Crippen LogP) is 2.40. The molecule has 2 rings (SSSR count). The summed E-state index contributed by atoms with van der Waals surface area (Å²) in [5.41, 5.74) is 0.320. The molecular weight excluding hydrogens is 392 g/mol. The zero-order valence-electron chi connectivity index (χ0n) is 13.0. The largest absolute Gasteiger partial charge is 0.481 e. The van der Waals surface area contributed by atoms with E-state index in [2.05, 4.69) is 26.6 Å². The van der Waals surface area contributed by atoms with E-state index >= 15 is 0 Å². The molecule has 0 aliphatic carbocycles. The smallest absolute Gasteiger partial charge is 0.305 e. The number of aliphatic carboxylic acids is 1. The molecule has 1 heterocycles. The Labute approximate surface area is 151 Å². The van der Waals surface area contributed by atoms with Gasteiger partial charge in [0.2, 0.25) is 0 Å². The van der Waals surface area contributed by atoms with Gasteiger partial charge in [-0.25, -0.2) is 0 Å². The Morgan fingerprint density at radius 3 is 2.48 bits per heavy atom. The normalized spacial score (nSPS) is 11.0. The molecule has 0 bridgehead atoms. The summed E-state index contributed by atoms with van der Waals surface area (Å²) in [4.78, 5) is 35.1. The molecule has 0 fully saturated rings. The Morgan fingerprint density at radius 2 is 1.88 bits per heavy atom. The number of benzene rings is 1. The molecule has 2 amide bonds. The summed E-state index contributed by atoms with van der Waals surface area (Å²) >= 11 is 3.28. The highest BCUT2D eigenvalue weighted by Crippen LogP contribution is 2.12. The maximum atomic E-state index is 12.3. The van der Waals surface area contributed by atoms with Crippen molar-refractivity contribution >= 4 is 39.8 Å². The Hall–Kier alpha value is -2.87. The van der Waals surface area contributed by atoms with Gasteiger partial charge in [-0.3, -0.25) is 14.4 Å². The van der Waals surface area contributed by atoms with E-state index in [-0.39, 0.29) is 18.7 Å². The van der Waals surface area contributed by atoms with Crippen molar-refractivity contribution in [3.05, 3.63) is 64.2 Å². The zero-order chi connectivity index (χ0) is 18.2. The maximum Gasteiger partial charge on any atom is 0.305 e. The minimum absolute atomic E-state index is 0.0479. The molecule has 0 aliphatic rings. The standard InChI is InChI=1S/C17H15BrN2O5/c18-12-5-3-11(4-6-12)16(23)20-14(10-13-2-1-9-25-13)17(24)19-8-7-15(21)22/h1-6,9-10H,7-8H2,(H,19,24)(H,20,23)(H,21,22)/b14-10-. The number of carboxylic acid groups (broad SMARTS) is 1. The molecule has 0 atom stereocenters. The van der Waals surface area contributed by atoms with Crippen LogP contribution in [0.15, 0.2) is 57.2 Å². The summed E-state index contributed by atoms with van der Waals surface area (Å²) in [6.07, 6.45) is 2.58. The number of nitrogens with one attached hydrogen (secondary N) is 2. The molecule has 1 aromatic carbocycles. The van der Waals surface area contributed by atoms with Crippen LogP contribution in [0.5, 0.6) is 0 Å². The molecule has 0 saturated heterocycles. The Morgan fingerprint density at radius 1 is 1.16 bits per heavy atom. The van der Waals surface area contributed by atoms with E-state index in [1.807, 2.05) is 0 Å². The first-order valence-electron chi connectivity index (χ1n) is 7.28. The molecule has 25 heavy (non-hydrogen) atoms. The first-order chi connectivity index (χ1) is 12.0. The number of hydrogen-bond donors (Lipinski definition) is 3. The topological polar surface area (TPSA) is 109 Å². The fraction of sp³-hybridized carbons (Fsp3) is 0.118. The van der Waals surface area contributed by atoms with E-state index in [9.17, 15) is 14.4 Å². The van der Waals surface area contributed by atoms with Gasteiger partial charge in [0.1, 0.15) is 11.5 Å². The van der Waals surface area contributed by atoms with Crippen molar-refractivity contribution in [1.82, 2.24) is 10.6 Å². The summed E-state index contributed by atoms with van der Waals surface area (Å²) in [6.45, 7) is -0.0577. The van der Waals surface area contributed by atoms with Crippen LogP contribution < -0.4 is 10.6 Å². The van der Waals surface area contributed by atoms with Gasteiger partial charge in [0.15, 0.2) is 0 Å². The Kier molecular flexibility index (Phi) is 6.53. The molecule has 0 radical (unpaired) electrons. The predicted molar refractivity (Wildman–Crippen MR) is 93.6 cm³/mol. The van der Waals surface area contributed by atoms with Gasteiger partial charge in [0.05, 0.1) is 12.7 Å². The second-order valence-corrected chi connectivity index (χ2v) is 5.85. The fourth-order valence-electron chi connectivity index (χ4n) is 1.85. The minimum atomic E-state index is -1.03. The van der Waals surface area contributed by atoms with Gasteiger partial charge in [0.25, 0.3) is 11.8 Å². The maximum absolute atomic E-state index is 12.3. The number of furan rings is 1. The lowest BCUT2D eigenvalue weighted by atomic mass is 10.2. The SMILES string of the molecule is O=C(O)CCNC(=O)/C(=C/c1ccco1)NC(=O)c1ccc(Br)cc1. The average Bonchev–Trinajstić information content (AvgIpc) is 3.07. The van der Waals surface area contributed by atoms with Crippen LogP contribution in [0.2, 0.25) is 0 Å². The molecule has 0 saturated carbocycles. The highest BCUT2D eigenvalue weighted by molar-refractivity contribution is 9.10. The van der Waals surface area contributed by atoms with E-state index in [0.717, 1.165) is 4.47 Å². The van der Waals surface area contributed by atoms with Gasteiger partial charge >= 0.3 is 5.97 Å². The molecule has 8 heteroatoms. The third kappa shape index (κ3) is 5.92. The van der Waals surface area contributed by atoms with Crippen LogP contribution >= 0.6 is 15.9 Å². The zero-order valence-corrected chi connectivity index (χ0v) is 14.6. The Balaban J connectivity index is 2.14. The lowest BCUT2D eigenvalue weighted by Gasteiger charge is -2.10. The van der Waals surface area contributed by atoms with E-state index < -0.39 is 17.8 Å². The third-order valence-corrected chi connectivity index (χ3v) is 3.58. The van der Waals surface area contributed by atoms with Gasteiger partial charge in [0, 0.05) is 22.7 Å². The monoisotopic (exact) mass is 406 g/mol. The molecule has 0 unspecified atom stereocenters. The first kappa shape index (κ1) is 18.5. The van der Waals surface area contributed by atoms with Crippen molar-refractivity contribution in [2.24, 2.45) is 0 Å². The van der Waals surface area contributed by atoms with Crippen LogP contribution in [-0.2, 0) is 9.59 Å². The number of halogens is 1. The number of amides is 2. The highest BCUT2D eigenvalue weighted by atomic mass is 79.9. The molecule has 0 aliphatic heterocycles. The third-order valence-electron chi connectivity index (χ3n) is 3.05. The number of carboxylic acids is 1. The van der Waals surface area contributed by atoms with Crippen LogP contribution in [0.4, 0.5) is 0 Å². The van der Waals surface area contributed by atoms with Gasteiger partial charge in [-0.1, -0.05) is 15.9 Å². The molecule has 130 valence electrons. The van der Waals surface area contributed by atoms with Crippen molar-refractivity contribution in [1.29, 1.82) is 0 Å². The first-order valence-corrected chi connectivity index (χ1v) is 8.07. The molecule has 7 nitrogen and oxygen atoms in total. The van der Waals surface area contributed by atoms with Crippen molar-refractivity contribution in [2.45, 2.75) is 6.42 Å². The highest BCUT2D eigenvalue weighted by Gasteiger charge is 2.15. The van der Waals surface area contributed by atoms with E-state index in [0.29, 0.717) is 11.3 Å². The van der Waals surface area contributed by atoms with Crippen LogP contribution in [0, 0.1) is 0 Å². The van der Waals surface area contributed by atoms with E-state index in [1.165, 1.54) is 12.3 Å². The number of carbonyl (C=O) groups excluding carboxylic acids is 2. The quantitative estimate of drug-likeness (QED) is 0.611. The lowest BCUT2D eigenvalue weighted by Crippen LogP contribution is -2.35. The molecule has 0 spiro atoms. The van der Waals surface area contributed by atoms with Crippen LogP contribution in [-0.4, -0.2) is 29.4 Å². The summed E-state index contributed by atoms with van der Waals surface area (Å²) in [6, 6.07) is 9.88. The van der Waals surface area contributed by atoms with Gasteiger partial charge in [-0.05, 0) is 36.4 Å². The summed E-state index contributed by atoms with van der Waals surface area (Å²) in [5, 5.41) is 13.6. The lowest BCUT2D eigenvalue weighted by molar-refractivity contribution is -0.136. The van der Waals surface area contributed by atoms with Crippen molar-refractivity contribution < 1.29 is 23.9 Å². The van der Waals surface area contributed by atoms with Crippen molar-refractivity contribution in [2.75, 3.05) is 6.54 Å². The summed E-state index contributed by atoms with van der Waals surface area (Å²) in [7, 11) is 0. The Bertz CT molecular complexity index is 782. The molecule has 2 aromatic rings. The second kappa shape index (κ2) is 8.84. The summed E-state index contributed by atoms with van der Waals surface area (Å²) in [5.74, 6) is -1.74. The minimum Gasteiger partial charge on any atom is -0.481 e. The van der Waals surface area contributed by atoms with E-state index in [4.69, 9.17) is 9.52 Å². The molecule has 3 N–H and O–H groups in total. The molecular formula is C17H15BrN2O5. The van der Waals surface area contributed by atoms with Crippen LogP contribution in [0.1, 0.15) is 22.5 Å². The van der Waals surface area contributed by atoms with Gasteiger partial charge < -0.3 is 20.2 Å². The van der Waals surface area contributed by atoms with Crippen molar-refractivity contribution in [3.8, 4) is 0 Å². The van der Waals surface area contributed by atoms with Crippen LogP contribution in [0.25, 0.3) is 6.08 Å². The second-order valence-electron chi connectivity index (χ2n) is 4.93.